The lowest BCUT2D eigenvalue weighted by Gasteiger charge is -2.11. The molecule has 2 aromatic carbocycles. The van der Waals surface area contributed by atoms with Crippen LogP contribution in [0.15, 0.2) is 42.5 Å². The van der Waals surface area contributed by atoms with Crippen LogP contribution in [-0.2, 0) is 19.2 Å². The van der Waals surface area contributed by atoms with Gasteiger partial charge in [-0.3, -0.25) is 0 Å². The highest BCUT2D eigenvalue weighted by molar-refractivity contribution is 5.57. The van der Waals surface area contributed by atoms with Crippen molar-refractivity contribution < 1.29 is 17.9 Å². The van der Waals surface area contributed by atoms with Crippen molar-refractivity contribution in [2.45, 2.75) is 19.2 Å². The first kappa shape index (κ1) is 13.8. The number of halogens is 3. The first-order chi connectivity index (χ1) is 10.0. The van der Waals surface area contributed by atoms with Gasteiger partial charge in [0, 0.05) is 12.2 Å². The Labute approximate surface area is 120 Å². The molecule has 1 aliphatic rings. The zero-order chi connectivity index (χ0) is 14.9. The van der Waals surface area contributed by atoms with E-state index in [-0.39, 0.29) is 12.4 Å². The molecule has 0 aliphatic carbocycles. The summed E-state index contributed by atoms with van der Waals surface area (Å²) in [5.74, 6) is 0.221. The van der Waals surface area contributed by atoms with Crippen LogP contribution in [0.5, 0.6) is 5.75 Å². The van der Waals surface area contributed by atoms with Crippen LogP contribution in [0.2, 0.25) is 0 Å². The lowest BCUT2D eigenvalue weighted by Crippen LogP contribution is -2.05. The molecule has 1 heterocycles. The maximum atomic E-state index is 12.6. The molecule has 0 radical (unpaired) electrons. The van der Waals surface area contributed by atoms with E-state index in [9.17, 15) is 13.2 Å². The second-order valence-corrected chi connectivity index (χ2v) is 4.98. The minimum Gasteiger partial charge on any atom is -0.489 e. The van der Waals surface area contributed by atoms with Crippen LogP contribution < -0.4 is 10.1 Å². The molecule has 0 amide bonds. The Morgan fingerprint density at radius 2 is 1.95 bits per heavy atom. The first-order valence-electron chi connectivity index (χ1n) is 6.68. The molecule has 0 aromatic heterocycles. The summed E-state index contributed by atoms with van der Waals surface area (Å²) in [5, 5.41) is 3.26. The van der Waals surface area contributed by atoms with E-state index in [0.717, 1.165) is 36.3 Å². The molecule has 3 rings (SSSR count). The van der Waals surface area contributed by atoms with E-state index in [1.165, 1.54) is 17.7 Å². The molecule has 0 spiro atoms. The Morgan fingerprint density at radius 3 is 2.76 bits per heavy atom. The maximum Gasteiger partial charge on any atom is 0.416 e. The molecule has 0 fully saturated rings. The Balaban J connectivity index is 1.70. The highest BCUT2D eigenvalue weighted by Gasteiger charge is 2.30. The third-order valence-electron chi connectivity index (χ3n) is 3.45. The first-order valence-corrected chi connectivity index (χ1v) is 6.68. The minimum atomic E-state index is -4.35. The zero-order valence-electron chi connectivity index (χ0n) is 11.2. The van der Waals surface area contributed by atoms with E-state index in [4.69, 9.17) is 4.74 Å². The average Bonchev–Trinajstić information content (AvgIpc) is 2.92. The topological polar surface area (TPSA) is 21.3 Å². The summed E-state index contributed by atoms with van der Waals surface area (Å²) in [4.78, 5) is 0. The van der Waals surface area contributed by atoms with E-state index < -0.39 is 11.7 Å². The number of hydrogen-bond donors (Lipinski definition) is 1. The van der Waals surface area contributed by atoms with Crippen LogP contribution in [0.4, 0.5) is 18.9 Å². The number of ether oxygens (including phenoxy) is 1. The second-order valence-electron chi connectivity index (χ2n) is 4.98. The van der Waals surface area contributed by atoms with Crippen LogP contribution >= 0.6 is 0 Å². The van der Waals surface area contributed by atoms with Gasteiger partial charge in [-0.25, -0.2) is 0 Å². The number of nitrogens with one attached hydrogen (secondary N) is 1. The van der Waals surface area contributed by atoms with Crippen LogP contribution in [0.1, 0.15) is 16.7 Å². The monoisotopic (exact) mass is 293 g/mol. The predicted octanol–water partition coefficient (Wildman–Crippen LogP) is 4.25. The van der Waals surface area contributed by atoms with Gasteiger partial charge in [-0.05, 0) is 41.8 Å². The minimum absolute atomic E-state index is 0.221. The van der Waals surface area contributed by atoms with E-state index in [2.05, 4.69) is 5.32 Å². The molecule has 1 N–H and O–H groups in total. The molecule has 0 atom stereocenters. The summed E-state index contributed by atoms with van der Waals surface area (Å²) in [7, 11) is 0. The molecule has 2 aromatic rings. The lowest BCUT2D eigenvalue weighted by molar-refractivity contribution is -0.137. The highest BCUT2D eigenvalue weighted by Crippen LogP contribution is 2.31. The summed E-state index contributed by atoms with van der Waals surface area (Å²) < 4.78 is 43.3. The molecule has 110 valence electrons. The molecule has 5 heteroatoms. The highest BCUT2D eigenvalue weighted by atomic mass is 19.4. The smallest absolute Gasteiger partial charge is 0.416 e. The standard InChI is InChI=1S/C16H14F3NO/c17-16(18,19)13-2-1-3-14(9-13)21-10-11-4-5-12-6-7-20-15(12)8-11/h1-5,8-9,20H,6-7,10H2. The molecule has 0 saturated heterocycles. The summed E-state index contributed by atoms with van der Waals surface area (Å²) in [5.41, 5.74) is 2.58. The second kappa shape index (κ2) is 5.31. The number of hydrogen-bond acceptors (Lipinski definition) is 2. The van der Waals surface area contributed by atoms with Crippen LogP contribution in [0.25, 0.3) is 0 Å². The normalized spacial score (nSPS) is 13.7. The molecule has 21 heavy (non-hydrogen) atoms. The van der Waals surface area contributed by atoms with Gasteiger partial charge in [0.05, 0.1) is 5.56 Å². The fourth-order valence-electron chi connectivity index (χ4n) is 2.36. The van der Waals surface area contributed by atoms with Gasteiger partial charge in [0.15, 0.2) is 0 Å². The summed E-state index contributed by atoms with van der Waals surface area (Å²) >= 11 is 0. The van der Waals surface area contributed by atoms with Gasteiger partial charge in [-0.2, -0.15) is 13.2 Å². The van der Waals surface area contributed by atoms with Gasteiger partial charge in [0.1, 0.15) is 12.4 Å². The number of fused-ring (bicyclic) bond motifs is 1. The van der Waals surface area contributed by atoms with Gasteiger partial charge >= 0.3 is 6.18 Å². The van der Waals surface area contributed by atoms with Crippen molar-refractivity contribution in [1.29, 1.82) is 0 Å². The Morgan fingerprint density at radius 1 is 1.10 bits per heavy atom. The number of anilines is 1. The van der Waals surface area contributed by atoms with Crippen molar-refractivity contribution in [2.24, 2.45) is 0 Å². The zero-order valence-corrected chi connectivity index (χ0v) is 11.2. The van der Waals surface area contributed by atoms with Crippen molar-refractivity contribution in [3.05, 3.63) is 59.2 Å². The molecule has 1 aliphatic heterocycles. The molecular formula is C16H14F3NO. The quantitative estimate of drug-likeness (QED) is 0.913. The number of alkyl halides is 3. The van der Waals surface area contributed by atoms with Crippen LogP contribution in [0.3, 0.4) is 0 Å². The average molecular weight is 293 g/mol. The van der Waals surface area contributed by atoms with Crippen molar-refractivity contribution in [3.8, 4) is 5.75 Å². The summed E-state index contributed by atoms with van der Waals surface area (Å²) in [6.45, 7) is 1.17. The molecule has 0 saturated carbocycles. The molecular weight excluding hydrogens is 279 g/mol. The van der Waals surface area contributed by atoms with Crippen molar-refractivity contribution >= 4 is 5.69 Å². The van der Waals surface area contributed by atoms with E-state index >= 15 is 0 Å². The summed E-state index contributed by atoms with van der Waals surface area (Å²) in [6.07, 6.45) is -3.35. The fourth-order valence-corrected chi connectivity index (χ4v) is 2.36. The van der Waals surface area contributed by atoms with Gasteiger partial charge in [-0.15, -0.1) is 0 Å². The van der Waals surface area contributed by atoms with Crippen molar-refractivity contribution in [2.75, 3.05) is 11.9 Å². The third-order valence-corrected chi connectivity index (χ3v) is 3.45. The number of rotatable bonds is 3. The maximum absolute atomic E-state index is 12.6. The van der Waals surface area contributed by atoms with E-state index in [1.807, 2.05) is 18.2 Å². The van der Waals surface area contributed by atoms with E-state index in [0.29, 0.717) is 0 Å². The van der Waals surface area contributed by atoms with Crippen LogP contribution in [0, 0.1) is 0 Å². The Hall–Kier alpha value is -2.17. The van der Waals surface area contributed by atoms with Crippen LogP contribution in [-0.4, -0.2) is 6.54 Å². The molecule has 0 unspecified atom stereocenters. The van der Waals surface area contributed by atoms with Crippen molar-refractivity contribution in [1.82, 2.24) is 0 Å². The third kappa shape index (κ3) is 3.12. The SMILES string of the molecule is FC(F)(F)c1cccc(OCc2ccc3c(c2)NCC3)c1. The number of benzene rings is 2. The lowest BCUT2D eigenvalue weighted by atomic mass is 10.1. The largest absolute Gasteiger partial charge is 0.489 e. The van der Waals surface area contributed by atoms with Gasteiger partial charge < -0.3 is 10.1 Å². The van der Waals surface area contributed by atoms with Gasteiger partial charge in [-0.1, -0.05) is 18.2 Å². The fraction of sp³-hybridized carbons (Fsp3) is 0.250. The molecule has 0 bridgehead atoms. The summed E-state index contributed by atoms with van der Waals surface area (Å²) in [6, 6.07) is 10.9. The van der Waals surface area contributed by atoms with E-state index in [1.54, 1.807) is 0 Å². The van der Waals surface area contributed by atoms with Crippen molar-refractivity contribution in [3.63, 3.8) is 0 Å². The van der Waals surface area contributed by atoms with Gasteiger partial charge in [0.2, 0.25) is 0 Å². The molecule has 2 nitrogen and oxygen atoms in total. The Bertz CT molecular complexity index is 652. The van der Waals surface area contributed by atoms with Gasteiger partial charge in [0.25, 0.3) is 0 Å². The Kier molecular flexibility index (Phi) is 3.49. The predicted molar refractivity (Wildman–Crippen MR) is 74.4 cm³/mol.